The smallest absolute Gasteiger partial charge is 0.321 e. The number of urea groups is 1. The van der Waals surface area contributed by atoms with Crippen molar-refractivity contribution in [2.75, 3.05) is 18.4 Å². The first-order chi connectivity index (χ1) is 12.9. The van der Waals surface area contributed by atoms with Crippen LogP contribution in [0.1, 0.15) is 12.8 Å². The molecular weight excluding hydrogens is 360 g/mol. The van der Waals surface area contributed by atoms with Gasteiger partial charge in [-0.05, 0) is 31.0 Å². The van der Waals surface area contributed by atoms with Crippen LogP contribution in [0.3, 0.4) is 0 Å². The van der Waals surface area contributed by atoms with Gasteiger partial charge in [-0.2, -0.15) is 4.39 Å². The van der Waals surface area contributed by atoms with E-state index in [4.69, 9.17) is 9.84 Å². The number of piperidine rings is 1. The van der Waals surface area contributed by atoms with Crippen molar-refractivity contribution in [1.82, 2.24) is 9.88 Å². The summed E-state index contributed by atoms with van der Waals surface area (Å²) in [5.41, 5.74) is 0.365. The van der Waals surface area contributed by atoms with Crippen molar-refractivity contribution in [1.29, 1.82) is 0 Å². The van der Waals surface area contributed by atoms with Crippen LogP contribution in [0.25, 0.3) is 0 Å². The predicted octanol–water partition coefficient (Wildman–Crippen LogP) is 3.48. The SMILES string of the molecule is O=C(O)C1CCCN(C(=O)Nc2ccc(Oc3cccc(F)c3F)nc2)C1. The van der Waals surface area contributed by atoms with Gasteiger partial charge >= 0.3 is 12.0 Å². The van der Waals surface area contributed by atoms with Crippen molar-refractivity contribution in [3.8, 4) is 11.6 Å². The zero-order chi connectivity index (χ0) is 19.4. The molecule has 1 aromatic carbocycles. The Hall–Kier alpha value is -3.23. The number of aromatic nitrogens is 1. The highest BCUT2D eigenvalue weighted by Crippen LogP contribution is 2.25. The van der Waals surface area contributed by atoms with Gasteiger partial charge in [0.05, 0.1) is 17.8 Å². The van der Waals surface area contributed by atoms with E-state index < -0.39 is 29.6 Å². The number of halogens is 2. The number of amides is 2. The number of carbonyl (C=O) groups excluding carboxylic acids is 1. The minimum Gasteiger partial charge on any atom is -0.481 e. The number of nitrogens with one attached hydrogen (secondary N) is 1. The van der Waals surface area contributed by atoms with E-state index in [9.17, 15) is 18.4 Å². The van der Waals surface area contributed by atoms with E-state index in [0.29, 0.717) is 25.1 Å². The Morgan fingerprint density at radius 1 is 1.26 bits per heavy atom. The third-order valence-corrected chi connectivity index (χ3v) is 4.18. The molecule has 1 fully saturated rings. The van der Waals surface area contributed by atoms with Gasteiger partial charge in [0.25, 0.3) is 0 Å². The van der Waals surface area contributed by atoms with Crippen LogP contribution in [0.15, 0.2) is 36.5 Å². The first kappa shape index (κ1) is 18.6. The summed E-state index contributed by atoms with van der Waals surface area (Å²) in [5.74, 6) is -3.90. The van der Waals surface area contributed by atoms with Gasteiger partial charge in [0, 0.05) is 19.2 Å². The summed E-state index contributed by atoms with van der Waals surface area (Å²) < 4.78 is 32.0. The van der Waals surface area contributed by atoms with E-state index in [0.717, 1.165) is 6.07 Å². The molecule has 0 saturated carbocycles. The molecule has 27 heavy (non-hydrogen) atoms. The van der Waals surface area contributed by atoms with E-state index in [1.165, 1.54) is 35.4 Å². The third-order valence-electron chi connectivity index (χ3n) is 4.18. The van der Waals surface area contributed by atoms with Crippen LogP contribution in [-0.2, 0) is 4.79 Å². The van der Waals surface area contributed by atoms with E-state index >= 15 is 0 Å². The molecular formula is C18H17F2N3O4. The molecule has 9 heteroatoms. The molecule has 0 aliphatic carbocycles. The summed E-state index contributed by atoms with van der Waals surface area (Å²) in [6.45, 7) is 0.623. The fourth-order valence-corrected chi connectivity index (χ4v) is 2.76. The van der Waals surface area contributed by atoms with E-state index in [1.807, 2.05) is 0 Å². The van der Waals surface area contributed by atoms with Crippen molar-refractivity contribution < 1.29 is 28.2 Å². The summed E-state index contributed by atoms with van der Waals surface area (Å²) in [6.07, 6.45) is 2.47. The lowest BCUT2D eigenvalue weighted by molar-refractivity contribution is -0.143. The number of rotatable bonds is 4. The van der Waals surface area contributed by atoms with Crippen molar-refractivity contribution >= 4 is 17.7 Å². The zero-order valence-corrected chi connectivity index (χ0v) is 14.2. The number of nitrogens with zero attached hydrogens (tertiary/aromatic N) is 2. The number of carboxylic acids is 1. The van der Waals surface area contributed by atoms with Gasteiger partial charge < -0.3 is 20.1 Å². The monoisotopic (exact) mass is 377 g/mol. The van der Waals surface area contributed by atoms with Crippen molar-refractivity contribution in [2.45, 2.75) is 12.8 Å². The average molecular weight is 377 g/mol. The summed E-state index contributed by atoms with van der Waals surface area (Å²) >= 11 is 0. The average Bonchev–Trinajstić information content (AvgIpc) is 2.67. The molecule has 0 spiro atoms. The number of benzene rings is 1. The first-order valence-electron chi connectivity index (χ1n) is 8.30. The van der Waals surface area contributed by atoms with Gasteiger partial charge in [-0.25, -0.2) is 14.2 Å². The maximum atomic E-state index is 13.6. The van der Waals surface area contributed by atoms with Crippen LogP contribution >= 0.6 is 0 Å². The van der Waals surface area contributed by atoms with Gasteiger partial charge in [0.1, 0.15) is 0 Å². The normalized spacial score (nSPS) is 16.7. The van der Waals surface area contributed by atoms with Gasteiger partial charge in [-0.15, -0.1) is 0 Å². The largest absolute Gasteiger partial charge is 0.481 e. The van der Waals surface area contributed by atoms with E-state index in [-0.39, 0.29) is 18.2 Å². The lowest BCUT2D eigenvalue weighted by atomic mass is 9.99. The molecule has 1 atom stereocenters. The molecule has 2 N–H and O–H groups in total. The molecule has 1 aromatic heterocycles. The van der Waals surface area contributed by atoms with Gasteiger partial charge in [-0.3, -0.25) is 4.79 Å². The number of ether oxygens (including phenoxy) is 1. The lowest BCUT2D eigenvalue weighted by Crippen LogP contribution is -2.44. The maximum absolute atomic E-state index is 13.6. The molecule has 142 valence electrons. The Labute approximate surface area is 153 Å². The Bertz CT molecular complexity index is 845. The Kier molecular flexibility index (Phi) is 5.49. The van der Waals surface area contributed by atoms with E-state index in [1.54, 1.807) is 0 Å². The van der Waals surface area contributed by atoms with Gasteiger partial charge in [-0.1, -0.05) is 6.07 Å². The number of hydrogen-bond donors (Lipinski definition) is 2. The highest BCUT2D eigenvalue weighted by atomic mass is 19.2. The molecule has 1 aliphatic heterocycles. The van der Waals surface area contributed by atoms with Crippen molar-refractivity contribution in [2.24, 2.45) is 5.92 Å². The standard InChI is InChI=1S/C18H17F2N3O4/c19-13-4-1-5-14(16(13)20)27-15-7-6-12(9-21-15)22-18(26)23-8-2-3-11(10-23)17(24)25/h1,4-7,9,11H,2-3,8,10H2,(H,22,26)(H,24,25). The molecule has 1 aliphatic rings. The van der Waals surface area contributed by atoms with Gasteiger partial charge in [0.2, 0.25) is 11.7 Å². The Morgan fingerprint density at radius 3 is 2.78 bits per heavy atom. The van der Waals surface area contributed by atoms with Crippen LogP contribution in [0.4, 0.5) is 19.3 Å². The Morgan fingerprint density at radius 2 is 2.07 bits per heavy atom. The van der Waals surface area contributed by atoms with Crippen molar-refractivity contribution in [3.63, 3.8) is 0 Å². The Balaban J connectivity index is 1.61. The molecule has 2 aromatic rings. The van der Waals surface area contributed by atoms with Crippen molar-refractivity contribution in [3.05, 3.63) is 48.2 Å². The number of carboxylic acid groups (broad SMARTS) is 1. The number of pyridine rings is 1. The topological polar surface area (TPSA) is 91.8 Å². The number of hydrogen-bond acceptors (Lipinski definition) is 4. The second-order valence-corrected chi connectivity index (χ2v) is 6.09. The van der Waals surface area contributed by atoms with Crippen LogP contribution in [-0.4, -0.2) is 40.1 Å². The highest BCUT2D eigenvalue weighted by Gasteiger charge is 2.28. The number of likely N-dealkylation sites (tertiary alicyclic amines) is 1. The fourth-order valence-electron chi connectivity index (χ4n) is 2.76. The fraction of sp³-hybridized carbons (Fsp3) is 0.278. The molecule has 2 heterocycles. The molecule has 7 nitrogen and oxygen atoms in total. The molecule has 2 amide bonds. The quantitative estimate of drug-likeness (QED) is 0.851. The zero-order valence-electron chi connectivity index (χ0n) is 14.2. The van der Waals surface area contributed by atoms with Crippen LogP contribution < -0.4 is 10.1 Å². The minimum absolute atomic E-state index is 0.0291. The molecule has 1 unspecified atom stereocenters. The maximum Gasteiger partial charge on any atom is 0.321 e. The van der Waals surface area contributed by atoms with Crippen LogP contribution in [0.2, 0.25) is 0 Å². The summed E-state index contributed by atoms with van der Waals surface area (Å²) in [7, 11) is 0. The second-order valence-electron chi connectivity index (χ2n) is 6.09. The number of aliphatic carboxylic acids is 1. The van der Waals surface area contributed by atoms with Crippen LogP contribution in [0.5, 0.6) is 11.6 Å². The third kappa shape index (κ3) is 4.49. The second kappa shape index (κ2) is 7.98. The predicted molar refractivity (Wildman–Crippen MR) is 91.6 cm³/mol. The summed E-state index contributed by atoms with van der Waals surface area (Å²) in [5, 5.41) is 11.7. The molecule has 3 rings (SSSR count). The summed E-state index contributed by atoms with van der Waals surface area (Å²) in [4.78, 5) is 28.7. The summed E-state index contributed by atoms with van der Waals surface area (Å²) in [6, 6.07) is 6.03. The lowest BCUT2D eigenvalue weighted by Gasteiger charge is -2.30. The van der Waals surface area contributed by atoms with E-state index in [2.05, 4.69) is 10.3 Å². The highest BCUT2D eigenvalue weighted by molar-refractivity contribution is 5.89. The molecule has 0 bridgehead atoms. The first-order valence-corrected chi connectivity index (χ1v) is 8.30. The molecule has 0 radical (unpaired) electrons. The van der Waals surface area contributed by atoms with Crippen LogP contribution in [0, 0.1) is 17.6 Å². The number of carbonyl (C=O) groups is 2. The minimum atomic E-state index is -1.12. The van der Waals surface area contributed by atoms with Gasteiger partial charge in [0.15, 0.2) is 11.6 Å². The molecule has 1 saturated heterocycles. The number of anilines is 1.